The van der Waals surface area contributed by atoms with Crippen LogP contribution in [0.15, 0.2) is 47.6 Å². The molecule has 0 aliphatic rings. The molecule has 2 rings (SSSR count). The maximum Gasteiger partial charge on any atom is 0.213 e. The lowest BCUT2D eigenvalue weighted by atomic mass is 10.2. The van der Waals surface area contributed by atoms with Crippen LogP contribution in [0.1, 0.15) is 25.0 Å². The van der Waals surface area contributed by atoms with E-state index in [-0.39, 0.29) is 6.10 Å². The zero-order valence-corrected chi connectivity index (χ0v) is 16.0. The first kappa shape index (κ1) is 19.6. The third-order valence-corrected chi connectivity index (χ3v) is 3.52. The third kappa shape index (κ3) is 7.01. The maximum atomic E-state index is 5.69. The summed E-state index contributed by atoms with van der Waals surface area (Å²) in [5.74, 6) is 2.23. The average Bonchev–Trinajstić information content (AvgIpc) is 2.63. The van der Waals surface area contributed by atoms with Crippen molar-refractivity contribution in [3.05, 3.63) is 53.7 Å². The highest BCUT2D eigenvalue weighted by Gasteiger charge is 2.02. The summed E-state index contributed by atoms with van der Waals surface area (Å²) in [7, 11) is 1.74. The quantitative estimate of drug-likeness (QED) is 0.432. The van der Waals surface area contributed by atoms with Gasteiger partial charge in [0.15, 0.2) is 5.96 Å². The number of hydrogen-bond donors (Lipinski definition) is 2. The molecule has 0 amide bonds. The summed E-state index contributed by atoms with van der Waals surface area (Å²) in [6, 6.07) is 11.9. The summed E-state index contributed by atoms with van der Waals surface area (Å²) < 4.78 is 11.2. The van der Waals surface area contributed by atoms with Crippen LogP contribution in [0.2, 0.25) is 0 Å². The smallest absolute Gasteiger partial charge is 0.213 e. The number of nitrogens with zero attached hydrogens (tertiary/aromatic N) is 2. The van der Waals surface area contributed by atoms with E-state index in [1.54, 1.807) is 13.2 Å². The van der Waals surface area contributed by atoms with Gasteiger partial charge in [-0.2, -0.15) is 0 Å². The Morgan fingerprint density at radius 3 is 2.50 bits per heavy atom. The number of rotatable bonds is 8. The van der Waals surface area contributed by atoms with Gasteiger partial charge >= 0.3 is 0 Å². The molecule has 6 nitrogen and oxygen atoms in total. The molecule has 0 radical (unpaired) electrons. The van der Waals surface area contributed by atoms with Crippen LogP contribution in [0.5, 0.6) is 11.6 Å². The first-order valence-electron chi connectivity index (χ1n) is 8.82. The van der Waals surface area contributed by atoms with Crippen molar-refractivity contribution >= 4 is 5.96 Å². The molecular formula is C20H28N4O2. The molecule has 0 saturated heterocycles. The van der Waals surface area contributed by atoms with E-state index in [0.29, 0.717) is 25.6 Å². The van der Waals surface area contributed by atoms with E-state index in [2.05, 4.69) is 27.5 Å². The summed E-state index contributed by atoms with van der Waals surface area (Å²) in [4.78, 5) is 8.51. The Bertz CT molecular complexity index is 682. The number of hydrogen-bond acceptors (Lipinski definition) is 4. The van der Waals surface area contributed by atoms with E-state index in [0.717, 1.165) is 17.3 Å². The Morgan fingerprint density at radius 2 is 1.88 bits per heavy atom. The van der Waals surface area contributed by atoms with Crippen molar-refractivity contribution in [2.75, 3.05) is 20.2 Å². The van der Waals surface area contributed by atoms with Crippen molar-refractivity contribution in [1.29, 1.82) is 0 Å². The fourth-order valence-electron chi connectivity index (χ4n) is 2.21. The molecule has 0 spiro atoms. The summed E-state index contributed by atoms with van der Waals surface area (Å²) in [5, 5.41) is 6.48. The minimum atomic E-state index is 0.122. The lowest BCUT2D eigenvalue weighted by Gasteiger charge is -2.13. The van der Waals surface area contributed by atoms with Gasteiger partial charge in [-0.25, -0.2) is 4.98 Å². The highest BCUT2D eigenvalue weighted by Crippen LogP contribution is 2.11. The molecular weight excluding hydrogens is 328 g/mol. The van der Waals surface area contributed by atoms with E-state index in [4.69, 9.17) is 9.47 Å². The Hall–Kier alpha value is -2.76. The van der Waals surface area contributed by atoms with E-state index in [1.807, 2.05) is 50.2 Å². The number of nitrogens with one attached hydrogen (secondary N) is 2. The van der Waals surface area contributed by atoms with Crippen LogP contribution in [0, 0.1) is 6.92 Å². The molecule has 1 heterocycles. The van der Waals surface area contributed by atoms with Gasteiger partial charge in [0.1, 0.15) is 12.4 Å². The number of aryl methyl sites for hydroxylation is 1. The first-order valence-corrected chi connectivity index (χ1v) is 8.82. The number of pyridine rings is 1. The molecule has 2 aromatic rings. The van der Waals surface area contributed by atoms with E-state index >= 15 is 0 Å². The zero-order chi connectivity index (χ0) is 18.8. The Labute approximate surface area is 155 Å². The van der Waals surface area contributed by atoms with E-state index < -0.39 is 0 Å². The van der Waals surface area contributed by atoms with Crippen molar-refractivity contribution in [1.82, 2.24) is 15.6 Å². The van der Waals surface area contributed by atoms with Crippen molar-refractivity contribution in [2.45, 2.75) is 33.4 Å². The van der Waals surface area contributed by atoms with Gasteiger partial charge in [-0.3, -0.25) is 4.99 Å². The van der Waals surface area contributed by atoms with Gasteiger partial charge in [-0.05, 0) is 38.5 Å². The first-order chi connectivity index (χ1) is 12.6. The normalized spacial score (nSPS) is 11.3. The molecule has 0 fully saturated rings. The van der Waals surface area contributed by atoms with Crippen LogP contribution in [-0.4, -0.2) is 37.2 Å². The second-order valence-electron chi connectivity index (χ2n) is 6.19. The average molecular weight is 356 g/mol. The van der Waals surface area contributed by atoms with Crippen LogP contribution < -0.4 is 20.1 Å². The minimum absolute atomic E-state index is 0.122. The molecule has 0 unspecified atom stereocenters. The largest absolute Gasteiger partial charge is 0.492 e. The van der Waals surface area contributed by atoms with Crippen molar-refractivity contribution in [2.24, 2.45) is 4.99 Å². The third-order valence-electron chi connectivity index (χ3n) is 3.52. The van der Waals surface area contributed by atoms with E-state index in [1.165, 1.54) is 5.56 Å². The molecule has 0 atom stereocenters. The van der Waals surface area contributed by atoms with Gasteiger partial charge in [0.25, 0.3) is 0 Å². The molecule has 0 aliphatic carbocycles. The molecule has 0 bridgehead atoms. The minimum Gasteiger partial charge on any atom is -0.492 e. The van der Waals surface area contributed by atoms with Crippen LogP contribution >= 0.6 is 0 Å². The lowest BCUT2D eigenvalue weighted by molar-refractivity contribution is 0.232. The number of ether oxygens (including phenoxy) is 2. The van der Waals surface area contributed by atoms with Gasteiger partial charge in [0.2, 0.25) is 5.88 Å². The zero-order valence-electron chi connectivity index (χ0n) is 16.0. The van der Waals surface area contributed by atoms with Gasteiger partial charge in [-0.15, -0.1) is 0 Å². The van der Waals surface area contributed by atoms with Crippen LogP contribution in [0.3, 0.4) is 0 Å². The Morgan fingerprint density at radius 1 is 1.12 bits per heavy atom. The molecule has 1 aromatic heterocycles. The van der Waals surface area contributed by atoms with Crippen molar-refractivity contribution in [3.63, 3.8) is 0 Å². The molecule has 2 N–H and O–H groups in total. The van der Waals surface area contributed by atoms with E-state index in [9.17, 15) is 0 Å². The van der Waals surface area contributed by atoms with Crippen LogP contribution in [0.4, 0.5) is 0 Å². The molecule has 1 aromatic carbocycles. The summed E-state index contributed by atoms with van der Waals surface area (Å²) in [6.07, 6.45) is 1.93. The second kappa shape index (κ2) is 10.3. The highest BCUT2D eigenvalue weighted by molar-refractivity contribution is 5.79. The topological polar surface area (TPSA) is 67.8 Å². The standard InChI is InChI=1S/C20H28N4O2/c1-15(2)26-19-10-7-17(13-23-19)14-24-20(21-4)22-11-12-25-18-8-5-16(3)6-9-18/h5-10,13,15H,11-12,14H2,1-4H3,(H2,21,22,24). The maximum absolute atomic E-state index is 5.69. The number of aromatic nitrogens is 1. The predicted octanol–water partition coefficient (Wildman–Crippen LogP) is 2.92. The van der Waals surface area contributed by atoms with Gasteiger partial charge in [0.05, 0.1) is 12.6 Å². The van der Waals surface area contributed by atoms with Gasteiger partial charge in [-0.1, -0.05) is 23.8 Å². The summed E-state index contributed by atoms with van der Waals surface area (Å²) >= 11 is 0. The molecule has 0 aliphatic heterocycles. The fraction of sp³-hybridized carbons (Fsp3) is 0.400. The SMILES string of the molecule is CN=C(NCCOc1ccc(C)cc1)NCc1ccc(OC(C)C)nc1. The Kier molecular flexibility index (Phi) is 7.74. The number of guanidine groups is 1. The Balaban J connectivity index is 1.69. The predicted molar refractivity (Wildman–Crippen MR) is 105 cm³/mol. The monoisotopic (exact) mass is 356 g/mol. The van der Waals surface area contributed by atoms with Gasteiger partial charge in [0, 0.05) is 25.9 Å². The fourth-order valence-corrected chi connectivity index (χ4v) is 2.21. The molecule has 6 heteroatoms. The highest BCUT2D eigenvalue weighted by atomic mass is 16.5. The molecule has 0 saturated carbocycles. The van der Waals surface area contributed by atoms with Crippen molar-refractivity contribution < 1.29 is 9.47 Å². The molecule has 140 valence electrons. The van der Waals surface area contributed by atoms with Crippen LogP contribution in [0.25, 0.3) is 0 Å². The summed E-state index contributed by atoms with van der Waals surface area (Å²) in [6.45, 7) is 7.87. The number of aliphatic imine (C=N–C) groups is 1. The number of benzene rings is 1. The van der Waals surface area contributed by atoms with Crippen molar-refractivity contribution in [3.8, 4) is 11.6 Å². The van der Waals surface area contributed by atoms with Gasteiger partial charge < -0.3 is 20.1 Å². The van der Waals surface area contributed by atoms with Crippen LogP contribution in [-0.2, 0) is 6.54 Å². The second-order valence-corrected chi connectivity index (χ2v) is 6.19. The lowest BCUT2D eigenvalue weighted by Crippen LogP contribution is -2.38. The summed E-state index contributed by atoms with van der Waals surface area (Å²) in [5.41, 5.74) is 2.28. The molecule has 26 heavy (non-hydrogen) atoms.